The average Bonchev–Trinajstić information content (AvgIpc) is 2.70. The molecule has 0 aliphatic carbocycles. The van der Waals surface area contributed by atoms with E-state index >= 15 is 0 Å². The Morgan fingerprint density at radius 3 is 2.21 bits per heavy atom. The second-order valence-corrected chi connectivity index (χ2v) is 6.11. The zero-order chi connectivity index (χ0) is 20.8. The largest absolute Gasteiger partial charge is 0.468 e. The van der Waals surface area contributed by atoms with Crippen LogP contribution < -0.4 is 11.1 Å². The third-order valence-corrected chi connectivity index (χ3v) is 4.45. The van der Waals surface area contributed by atoms with Crippen molar-refractivity contribution in [2.45, 2.75) is 13.0 Å². The standard InChI is InChI=1S/C19H21N3O6/c1-10(14(18(25)27-2)19(26)28-3)15(16(20)23)22-17(24)12-8-9-21-13-7-5-4-6-11(12)13/h4-10,14-15H,1-3H3,(H2,20,23)(H,22,24)/t10-,15-/m1/s1. The normalized spacial score (nSPS) is 12.9. The molecule has 0 spiro atoms. The zero-order valence-corrected chi connectivity index (χ0v) is 15.7. The summed E-state index contributed by atoms with van der Waals surface area (Å²) < 4.78 is 9.24. The van der Waals surface area contributed by atoms with Gasteiger partial charge < -0.3 is 20.5 Å². The van der Waals surface area contributed by atoms with E-state index in [-0.39, 0.29) is 5.56 Å². The molecule has 0 saturated heterocycles. The number of nitrogens with one attached hydrogen (secondary N) is 1. The lowest BCUT2D eigenvalue weighted by molar-refractivity contribution is -0.161. The molecule has 1 aromatic heterocycles. The molecule has 0 aliphatic rings. The second-order valence-electron chi connectivity index (χ2n) is 6.11. The first-order chi connectivity index (χ1) is 13.3. The molecule has 1 aromatic carbocycles. The van der Waals surface area contributed by atoms with Crippen LogP contribution >= 0.6 is 0 Å². The van der Waals surface area contributed by atoms with Gasteiger partial charge in [-0.15, -0.1) is 0 Å². The van der Waals surface area contributed by atoms with E-state index < -0.39 is 41.6 Å². The fraction of sp³-hybridized carbons (Fsp3) is 0.316. The number of nitrogens with two attached hydrogens (primary N) is 1. The van der Waals surface area contributed by atoms with Gasteiger partial charge in [-0.2, -0.15) is 0 Å². The van der Waals surface area contributed by atoms with Gasteiger partial charge in [0.15, 0.2) is 5.92 Å². The highest BCUT2D eigenvalue weighted by molar-refractivity contribution is 6.07. The number of fused-ring (bicyclic) bond motifs is 1. The van der Waals surface area contributed by atoms with Gasteiger partial charge in [0.25, 0.3) is 5.91 Å². The maximum atomic E-state index is 12.8. The molecule has 2 aromatic rings. The smallest absolute Gasteiger partial charge is 0.320 e. The summed E-state index contributed by atoms with van der Waals surface area (Å²) in [4.78, 5) is 53.0. The van der Waals surface area contributed by atoms with Crippen LogP contribution in [-0.4, -0.2) is 49.0 Å². The number of primary amides is 1. The zero-order valence-electron chi connectivity index (χ0n) is 15.7. The van der Waals surface area contributed by atoms with Crippen molar-refractivity contribution < 1.29 is 28.7 Å². The highest BCUT2D eigenvalue weighted by Crippen LogP contribution is 2.21. The van der Waals surface area contributed by atoms with Crippen molar-refractivity contribution in [1.29, 1.82) is 0 Å². The first kappa shape index (κ1) is 20.8. The quantitative estimate of drug-likeness (QED) is 0.518. The molecule has 0 unspecified atom stereocenters. The van der Waals surface area contributed by atoms with Crippen molar-refractivity contribution in [1.82, 2.24) is 10.3 Å². The summed E-state index contributed by atoms with van der Waals surface area (Å²) in [6.07, 6.45) is 1.46. The number of esters is 2. The van der Waals surface area contributed by atoms with E-state index in [0.717, 1.165) is 14.2 Å². The Bertz CT molecular complexity index is 892. The molecule has 0 radical (unpaired) electrons. The number of rotatable bonds is 7. The number of para-hydroxylation sites is 1. The fourth-order valence-corrected chi connectivity index (χ4v) is 2.95. The van der Waals surface area contributed by atoms with Crippen LogP contribution in [0.25, 0.3) is 10.9 Å². The minimum atomic E-state index is -1.43. The molecule has 0 saturated carbocycles. The van der Waals surface area contributed by atoms with Crippen molar-refractivity contribution in [2.24, 2.45) is 17.6 Å². The molecule has 1 heterocycles. The number of hydrogen-bond donors (Lipinski definition) is 2. The lowest BCUT2D eigenvalue weighted by Gasteiger charge is -2.26. The number of aromatic nitrogens is 1. The second kappa shape index (κ2) is 8.94. The van der Waals surface area contributed by atoms with Gasteiger partial charge in [-0.05, 0) is 12.1 Å². The van der Waals surface area contributed by atoms with Crippen molar-refractivity contribution in [3.63, 3.8) is 0 Å². The van der Waals surface area contributed by atoms with Crippen LogP contribution in [0.5, 0.6) is 0 Å². The first-order valence-corrected chi connectivity index (χ1v) is 8.41. The van der Waals surface area contributed by atoms with Gasteiger partial charge in [0, 0.05) is 17.5 Å². The minimum absolute atomic E-state index is 0.275. The van der Waals surface area contributed by atoms with Gasteiger partial charge in [-0.1, -0.05) is 25.1 Å². The molecule has 2 atom stereocenters. The predicted molar refractivity (Wildman–Crippen MR) is 98.9 cm³/mol. The summed E-state index contributed by atoms with van der Waals surface area (Å²) in [7, 11) is 2.21. The SMILES string of the molecule is COC(=O)C(C(=O)OC)[C@@H](C)[C@@H](NC(=O)c1ccnc2ccccc12)C(N)=O. The van der Waals surface area contributed by atoms with E-state index in [4.69, 9.17) is 5.73 Å². The van der Waals surface area contributed by atoms with Crippen LogP contribution in [0.4, 0.5) is 0 Å². The number of carbonyl (C=O) groups excluding carboxylic acids is 4. The Labute approximate surface area is 161 Å². The van der Waals surface area contributed by atoms with Crippen molar-refractivity contribution in [2.75, 3.05) is 14.2 Å². The summed E-state index contributed by atoms with van der Waals surface area (Å²) in [5, 5.41) is 3.09. The fourth-order valence-electron chi connectivity index (χ4n) is 2.95. The average molecular weight is 387 g/mol. The van der Waals surface area contributed by atoms with Crippen LogP contribution in [0.2, 0.25) is 0 Å². The highest BCUT2D eigenvalue weighted by Gasteiger charge is 2.41. The molecule has 28 heavy (non-hydrogen) atoms. The number of carbonyl (C=O) groups is 4. The van der Waals surface area contributed by atoms with Gasteiger partial charge in [0.2, 0.25) is 5.91 Å². The summed E-state index contributed by atoms with van der Waals surface area (Å²) in [5.41, 5.74) is 6.30. The molecule has 0 bridgehead atoms. The molecule has 2 amide bonds. The summed E-state index contributed by atoms with van der Waals surface area (Å²) in [5.74, 6) is -5.72. The lowest BCUT2D eigenvalue weighted by atomic mass is 9.86. The van der Waals surface area contributed by atoms with Gasteiger partial charge in [0.05, 0.1) is 25.3 Å². The van der Waals surface area contributed by atoms with Crippen LogP contribution in [0.1, 0.15) is 17.3 Å². The Hall–Kier alpha value is -3.49. The third-order valence-electron chi connectivity index (χ3n) is 4.45. The molecule has 9 nitrogen and oxygen atoms in total. The summed E-state index contributed by atoms with van der Waals surface area (Å²) in [6, 6.07) is 7.17. The molecule has 3 N–H and O–H groups in total. The number of amides is 2. The Morgan fingerprint density at radius 1 is 1.04 bits per heavy atom. The summed E-state index contributed by atoms with van der Waals surface area (Å²) >= 11 is 0. The molecule has 2 rings (SSSR count). The van der Waals surface area contributed by atoms with Gasteiger partial charge in [-0.25, -0.2) is 0 Å². The molecule has 0 aliphatic heterocycles. The van der Waals surface area contributed by atoms with Crippen LogP contribution in [0.15, 0.2) is 36.5 Å². The van der Waals surface area contributed by atoms with Crippen molar-refractivity contribution >= 4 is 34.7 Å². The van der Waals surface area contributed by atoms with E-state index in [1.807, 2.05) is 0 Å². The lowest BCUT2D eigenvalue weighted by Crippen LogP contribution is -2.52. The van der Waals surface area contributed by atoms with Crippen molar-refractivity contribution in [3.8, 4) is 0 Å². The Morgan fingerprint density at radius 2 is 1.64 bits per heavy atom. The number of pyridine rings is 1. The van der Waals surface area contributed by atoms with Gasteiger partial charge in [0.1, 0.15) is 6.04 Å². The van der Waals surface area contributed by atoms with E-state index in [1.165, 1.54) is 19.2 Å². The van der Waals surface area contributed by atoms with Gasteiger partial charge in [-0.3, -0.25) is 24.2 Å². The van der Waals surface area contributed by atoms with E-state index in [2.05, 4.69) is 19.8 Å². The highest BCUT2D eigenvalue weighted by atomic mass is 16.5. The maximum absolute atomic E-state index is 12.8. The monoisotopic (exact) mass is 387 g/mol. The van der Waals surface area contributed by atoms with Crippen LogP contribution in [0, 0.1) is 11.8 Å². The van der Waals surface area contributed by atoms with Crippen LogP contribution in [0.3, 0.4) is 0 Å². The number of benzene rings is 1. The number of nitrogens with zero attached hydrogens (tertiary/aromatic N) is 1. The van der Waals surface area contributed by atoms with E-state index in [9.17, 15) is 19.2 Å². The number of methoxy groups -OCH3 is 2. The van der Waals surface area contributed by atoms with E-state index in [0.29, 0.717) is 10.9 Å². The molecular weight excluding hydrogens is 366 g/mol. The Kier molecular flexibility index (Phi) is 6.64. The molecule has 0 fully saturated rings. The van der Waals surface area contributed by atoms with Crippen LogP contribution in [-0.2, 0) is 23.9 Å². The third kappa shape index (κ3) is 4.25. The predicted octanol–water partition coefficient (Wildman–Crippen LogP) is 0.417. The Balaban J connectivity index is 2.35. The van der Waals surface area contributed by atoms with Gasteiger partial charge >= 0.3 is 11.9 Å². The maximum Gasteiger partial charge on any atom is 0.320 e. The number of hydrogen-bond acceptors (Lipinski definition) is 7. The summed E-state index contributed by atoms with van der Waals surface area (Å²) in [6.45, 7) is 1.43. The first-order valence-electron chi connectivity index (χ1n) is 8.41. The topological polar surface area (TPSA) is 138 Å². The number of ether oxygens (including phenoxy) is 2. The molecular formula is C19H21N3O6. The van der Waals surface area contributed by atoms with Crippen molar-refractivity contribution in [3.05, 3.63) is 42.1 Å². The minimum Gasteiger partial charge on any atom is -0.468 e. The molecule has 148 valence electrons. The van der Waals surface area contributed by atoms with E-state index in [1.54, 1.807) is 24.3 Å². The molecule has 9 heteroatoms.